The van der Waals surface area contributed by atoms with Gasteiger partial charge >= 0.3 is 12.1 Å². The number of carboxylic acids is 1. The van der Waals surface area contributed by atoms with E-state index in [1.54, 1.807) is 0 Å². The van der Waals surface area contributed by atoms with Gasteiger partial charge in [0.05, 0.1) is 5.56 Å². The third kappa shape index (κ3) is 6.43. The fourth-order valence-corrected chi connectivity index (χ4v) is 4.58. The van der Waals surface area contributed by atoms with Gasteiger partial charge in [-0.25, -0.2) is 8.78 Å². The molecule has 31 heavy (non-hydrogen) atoms. The van der Waals surface area contributed by atoms with Crippen LogP contribution in [0.5, 0.6) is 5.75 Å². The van der Waals surface area contributed by atoms with Crippen molar-refractivity contribution in [2.45, 2.75) is 76.3 Å². The van der Waals surface area contributed by atoms with Crippen LogP contribution in [0.1, 0.15) is 68.9 Å². The fourth-order valence-electron chi connectivity index (χ4n) is 4.58. The molecule has 3 rings (SSSR count). The van der Waals surface area contributed by atoms with Gasteiger partial charge in [-0.05, 0) is 61.3 Å². The van der Waals surface area contributed by atoms with Gasteiger partial charge in [0.2, 0.25) is 5.92 Å². The van der Waals surface area contributed by atoms with E-state index in [2.05, 4.69) is 0 Å². The van der Waals surface area contributed by atoms with Crippen molar-refractivity contribution in [3.05, 3.63) is 40.5 Å². The minimum Gasteiger partial charge on any atom is -0.489 e. The van der Waals surface area contributed by atoms with Crippen LogP contribution in [-0.4, -0.2) is 23.6 Å². The van der Waals surface area contributed by atoms with Crippen molar-refractivity contribution in [1.29, 1.82) is 0 Å². The van der Waals surface area contributed by atoms with Crippen LogP contribution in [0.3, 0.4) is 0 Å². The number of carboxylic acid groups (broad SMARTS) is 1. The van der Waals surface area contributed by atoms with E-state index in [1.165, 1.54) is 12.1 Å². The molecule has 2 aliphatic carbocycles. The van der Waals surface area contributed by atoms with E-state index in [9.17, 15) is 26.7 Å². The second-order valence-corrected chi connectivity index (χ2v) is 8.47. The van der Waals surface area contributed by atoms with Gasteiger partial charge in [-0.15, -0.1) is 0 Å². The van der Waals surface area contributed by atoms with Crippen molar-refractivity contribution < 1.29 is 36.6 Å². The van der Waals surface area contributed by atoms with Crippen molar-refractivity contribution >= 4 is 5.97 Å². The quantitative estimate of drug-likeness (QED) is 0.370. The lowest BCUT2D eigenvalue weighted by Gasteiger charge is -2.20. The molecule has 8 heteroatoms. The molecule has 0 aliphatic heterocycles. The van der Waals surface area contributed by atoms with Gasteiger partial charge in [0, 0.05) is 19.3 Å². The molecule has 0 saturated heterocycles. The number of aryl methyl sites for hydroxylation is 1. The van der Waals surface area contributed by atoms with Crippen molar-refractivity contribution in [2.75, 3.05) is 6.61 Å². The summed E-state index contributed by atoms with van der Waals surface area (Å²) in [5.41, 5.74) is 0.752. The number of hydrogen-bond donors (Lipinski definition) is 1. The van der Waals surface area contributed by atoms with Gasteiger partial charge in [-0.3, -0.25) is 4.79 Å². The first-order valence-electron chi connectivity index (χ1n) is 10.7. The van der Waals surface area contributed by atoms with Crippen molar-refractivity contribution in [3.8, 4) is 5.75 Å². The monoisotopic (exact) mass is 446 g/mol. The number of ether oxygens (including phenoxy) is 1. The first kappa shape index (κ1) is 23.5. The van der Waals surface area contributed by atoms with Crippen LogP contribution in [0.4, 0.5) is 22.0 Å². The standard InChI is InChI=1S/C23H27F5O3/c24-22(25)11-9-17(19(10-12-22)15-3-1-2-4-15)14-31-18-7-5-16(6-8-21(29)30)20(13-18)23(26,27)28/h5,7,13,15H,1-4,6,8-12,14H2,(H,29,30). The number of carbonyl (C=O) groups is 1. The Morgan fingerprint density at radius 2 is 1.81 bits per heavy atom. The molecule has 0 unspecified atom stereocenters. The molecule has 0 atom stereocenters. The Balaban J connectivity index is 1.79. The zero-order valence-electron chi connectivity index (χ0n) is 17.2. The Morgan fingerprint density at radius 1 is 1.13 bits per heavy atom. The maximum absolute atomic E-state index is 14.0. The number of aliphatic carboxylic acids is 1. The molecule has 1 aromatic carbocycles. The summed E-state index contributed by atoms with van der Waals surface area (Å²) in [4.78, 5) is 10.7. The summed E-state index contributed by atoms with van der Waals surface area (Å²) in [6.45, 7) is -0.00627. The summed E-state index contributed by atoms with van der Waals surface area (Å²) >= 11 is 0. The summed E-state index contributed by atoms with van der Waals surface area (Å²) in [5, 5.41) is 8.76. The summed E-state index contributed by atoms with van der Waals surface area (Å²) < 4.78 is 74.0. The number of allylic oxidation sites excluding steroid dienone is 1. The van der Waals surface area contributed by atoms with E-state index >= 15 is 0 Å². The molecule has 0 aromatic heterocycles. The van der Waals surface area contributed by atoms with Crippen LogP contribution in [-0.2, 0) is 17.4 Å². The second-order valence-electron chi connectivity index (χ2n) is 8.47. The van der Waals surface area contributed by atoms with E-state index in [0.717, 1.165) is 42.9 Å². The summed E-state index contributed by atoms with van der Waals surface area (Å²) in [5.74, 6) is -3.65. The molecular weight excluding hydrogens is 419 g/mol. The van der Waals surface area contributed by atoms with Gasteiger partial charge in [-0.1, -0.05) is 24.5 Å². The maximum Gasteiger partial charge on any atom is 0.416 e. The molecule has 0 bridgehead atoms. The van der Waals surface area contributed by atoms with Gasteiger partial charge in [0.15, 0.2) is 0 Å². The Labute approximate surface area is 178 Å². The van der Waals surface area contributed by atoms with Gasteiger partial charge in [-0.2, -0.15) is 13.2 Å². The highest BCUT2D eigenvalue weighted by atomic mass is 19.4. The van der Waals surface area contributed by atoms with Crippen LogP contribution in [0.15, 0.2) is 29.3 Å². The number of rotatable bonds is 7. The highest BCUT2D eigenvalue weighted by Gasteiger charge is 2.36. The average Bonchev–Trinajstić information content (AvgIpc) is 3.16. The predicted octanol–water partition coefficient (Wildman–Crippen LogP) is 6.80. The van der Waals surface area contributed by atoms with Crippen molar-refractivity contribution in [3.63, 3.8) is 0 Å². The molecular formula is C23H27F5O3. The Kier molecular flexibility index (Phi) is 7.27. The van der Waals surface area contributed by atoms with Crippen LogP contribution in [0, 0.1) is 5.92 Å². The SMILES string of the molecule is O=C(O)CCc1ccc(OCC2=C(C3CCCC3)CCC(F)(F)CC2)cc1C(F)(F)F. The van der Waals surface area contributed by atoms with Crippen molar-refractivity contribution in [2.24, 2.45) is 5.92 Å². The van der Waals surface area contributed by atoms with Gasteiger partial charge in [0.1, 0.15) is 12.4 Å². The van der Waals surface area contributed by atoms with Crippen LogP contribution >= 0.6 is 0 Å². The number of benzene rings is 1. The lowest BCUT2D eigenvalue weighted by atomic mass is 9.89. The summed E-state index contributed by atoms with van der Waals surface area (Å²) in [7, 11) is 0. The average molecular weight is 446 g/mol. The highest BCUT2D eigenvalue weighted by Crippen LogP contribution is 2.42. The Hall–Kier alpha value is -2.12. The smallest absolute Gasteiger partial charge is 0.416 e. The molecule has 1 aromatic rings. The fraction of sp³-hybridized carbons (Fsp3) is 0.609. The van der Waals surface area contributed by atoms with Gasteiger partial charge < -0.3 is 9.84 Å². The minimum atomic E-state index is -4.65. The summed E-state index contributed by atoms with van der Waals surface area (Å²) in [6.07, 6.45) is -1.24. The molecule has 1 N–H and O–H groups in total. The third-order valence-electron chi connectivity index (χ3n) is 6.26. The first-order chi connectivity index (χ1) is 14.5. The number of hydrogen-bond acceptors (Lipinski definition) is 2. The predicted molar refractivity (Wildman–Crippen MR) is 105 cm³/mol. The molecule has 0 heterocycles. The van der Waals surface area contributed by atoms with E-state index in [0.29, 0.717) is 6.42 Å². The lowest BCUT2D eigenvalue weighted by molar-refractivity contribution is -0.140. The van der Waals surface area contributed by atoms with Crippen molar-refractivity contribution in [1.82, 2.24) is 0 Å². The zero-order valence-corrected chi connectivity index (χ0v) is 17.2. The molecule has 0 spiro atoms. The normalized spacial score (nSPS) is 20.0. The molecule has 1 fully saturated rings. The molecule has 1 saturated carbocycles. The van der Waals surface area contributed by atoms with E-state index in [1.807, 2.05) is 0 Å². The molecule has 0 amide bonds. The van der Waals surface area contributed by atoms with Crippen LogP contribution in [0.2, 0.25) is 0 Å². The molecule has 0 radical (unpaired) electrons. The van der Waals surface area contributed by atoms with E-state index < -0.39 is 30.1 Å². The first-order valence-corrected chi connectivity index (χ1v) is 10.7. The minimum absolute atomic E-state index is 0.000629. The molecule has 3 nitrogen and oxygen atoms in total. The second kappa shape index (κ2) is 9.57. The molecule has 2 aliphatic rings. The number of alkyl halides is 5. The zero-order chi connectivity index (χ0) is 22.6. The van der Waals surface area contributed by atoms with Gasteiger partial charge in [0.25, 0.3) is 0 Å². The Bertz CT molecular complexity index is 823. The van der Waals surface area contributed by atoms with E-state index in [-0.39, 0.29) is 49.5 Å². The largest absolute Gasteiger partial charge is 0.489 e. The maximum atomic E-state index is 14.0. The van der Waals surface area contributed by atoms with Crippen LogP contribution in [0.25, 0.3) is 0 Å². The topological polar surface area (TPSA) is 46.5 Å². The van der Waals surface area contributed by atoms with E-state index in [4.69, 9.17) is 9.84 Å². The number of halogens is 5. The lowest BCUT2D eigenvalue weighted by Crippen LogP contribution is -2.14. The summed E-state index contributed by atoms with van der Waals surface area (Å²) in [6, 6.07) is 3.49. The molecule has 172 valence electrons. The third-order valence-corrected chi connectivity index (χ3v) is 6.26. The highest BCUT2D eigenvalue weighted by molar-refractivity contribution is 5.67. The Morgan fingerprint density at radius 3 is 2.45 bits per heavy atom. The van der Waals surface area contributed by atoms with Crippen LogP contribution < -0.4 is 4.74 Å².